The number of hydrogen-bond donors (Lipinski definition) is 0. The van der Waals surface area contributed by atoms with Crippen LogP contribution in [-0.4, -0.2) is 40.7 Å². The number of carbonyl (C=O) groups excluding carboxylic acids is 1. The molecule has 0 aliphatic rings. The van der Waals surface area contributed by atoms with Crippen molar-refractivity contribution < 1.29 is 14.3 Å². The number of nitrogens with zero attached hydrogens (tertiary/aromatic N) is 3. The number of thiophene rings is 1. The van der Waals surface area contributed by atoms with Crippen LogP contribution in [0.2, 0.25) is 0 Å². The molecule has 0 atom stereocenters. The third-order valence-electron chi connectivity index (χ3n) is 4.08. The van der Waals surface area contributed by atoms with Crippen molar-refractivity contribution in [2.45, 2.75) is 0 Å². The van der Waals surface area contributed by atoms with Crippen LogP contribution in [0.1, 0.15) is 15.2 Å². The molecular formula is C20H17N3O3S. The van der Waals surface area contributed by atoms with Gasteiger partial charge in [0.05, 0.1) is 28.9 Å². The van der Waals surface area contributed by atoms with Gasteiger partial charge < -0.3 is 9.47 Å². The molecule has 0 aliphatic heterocycles. The summed E-state index contributed by atoms with van der Waals surface area (Å²) in [4.78, 5) is 17.8. The molecule has 0 saturated heterocycles. The number of carbonyl (C=O) groups is 1. The lowest BCUT2D eigenvalue weighted by Crippen LogP contribution is -2.04. The summed E-state index contributed by atoms with van der Waals surface area (Å²) in [6, 6.07) is 13.3. The third-order valence-corrected chi connectivity index (χ3v) is 4.95. The van der Waals surface area contributed by atoms with Gasteiger partial charge in [0.1, 0.15) is 12.4 Å². The molecule has 0 N–H and O–H groups in total. The topological polar surface area (TPSA) is 65.7 Å². The molecule has 0 fully saturated rings. The standard InChI is InChI=1S/C20H17N3O3S/c1-25-9-10-26-15-5-2-4-14(12-15)17-7-8-21-20-16(13-22-23(17)20)19(24)18-6-3-11-27-18/h2-8,11-13H,9-10H2,1H3. The molecule has 7 heteroatoms. The number of methoxy groups -OCH3 is 1. The second-order valence-corrected chi connectivity index (χ2v) is 6.75. The third kappa shape index (κ3) is 3.47. The Morgan fingerprint density at radius 1 is 1.19 bits per heavy atom. The van der Waals surface area contributed by atoms with E-state index >= 15 is 0 Å². The van der Waals surface area contributed by atoms with Crippen LogP contribution >= 0.6 is 11.3 Å². The van der Waals surface area contributed by atoms with E-state index in [1.807, 2.05) is 41.8 Å². The molecule has 0 saturated carbocycles. The summed E-state index contributed by atoms with van der Waals surface area (Å²) in [6.45, 7) is 1.00. The summed E-state index contributed by atoms with van der Waals surface area (Å²) in [5, 5.41) is 6.29. The highest BCUT2D eigenvalue weighted by Crippen LogP contribution is 2.26. The molecule has 0 unspecified atom stereocenters. The van der Waals surface area contributed by atoms with Crippen LogP contribution in [-0.2, 0) is 4.74 Å². The van der Waals surface area contributed by atoms with Gasteiger partial charge in [0.25, 0.3) is 0 Å². The Labute approximate surface area is 160 Å². The maximum atomic E-state index is 12.7. The van der Waals surface area contributed by atoms with E-state index in [2.05, 4.69) is 10.1 Å². The summed E-state index contributed by atoms with van der Waals surface area (Å²) in [7, 11) is 1.64. The Morgan fingerprint density at radius 2 is 2.11 bits per heavy atom. The van der Waals surface area contributed by atoms with Gasteiger partial charge >= 0.3 is 0 Å². The second kappa shape index (κ2) is 7.69. The summed E-state index contributed by atoms with van der Waals surface area (Å²) in [5.74, 6) is 0.679. The highest BCUT2D eigenvalue weighted by Gasteiger charge is 2.18. The van der Waals surface area contributed by atoms with Gasteiger partial charge in [-0.05, 0) is 29.6 Å². The Kier molecular flexibility index (Phi) is 4.95. The van der Waals surface area contributed by atoms with Gasteiger partial charge in [0, 0.05) is 18.9 Å². The Hall–Kier alpha value is -3.03. The van der Waals surface area contributed by atoms with E-state index in [1.54, 1.807) is 30.1 Å². The Balaban J connectivity index is 1.71. The smallest absolute Gasteiger partial charge is 0.208 e. The normalized spacial score (nSPS) is 11.0. The van der Waals surface area contributed by atoms with Gasteiger partial charge in [-0.15, -0.1) is 11.3 Å². The molecule has 0 spiro atoms. The minimum Gasteiger partial charge on any atom is -0.491 e. The van der Waals surface area contributed by atoms with Crippen molar-refractivity contribution in [3.63, 3.8) is 0 Å². The highest BCUT2D eigenvalue weighted by atomic mass is 32.1. The molecule has 27 heavy (non-hydrogen) atoms. The van der Waals surface area contributed by atoms with E-state index in [1.165, 1.54) is 11.3 Å². The summed E-state index contributed by atoms with van der Waals surface area (Å²) in [6.07, 6.45) is 3.27. The summed E-state index contributed by atoms with van der Waals surface area (Å²) < 4.78 is 12.4. The van der Waals surface area contributed by atoms with Crippen LogP contribution in [0.25, 0.3) is 16.9 Å². The first kappa shape index (κ1) is 17.4. The number of ketones is 1. The van der Waals surface area contributed by atoms with Crippen molar-refractivity contribution in [1.29, 1.82) is 0 Å². The van der Waals surface area contributed by atoms with Gasteiger partial charge in [0.15, 0.2) is 5.65 Å². The molecule has 0 amide bonds. The van der Waals surface area contributed by atoms with Gasteiger partial charge in [0.2, 0.25) is 5.78 Å². The molecule has 6 nitrogen and oxygen atoms in total. The Morgan fingerprint density at radius 3 is 2.93 bits per heavy atom. The number of benzene rings is 1. The van der Waals surface area contributed by atoms with Crippen molar-refractivity contribution in [3.8, 4) is 17.0 Å². The van der Waals surface area contributed by atoms with Crippen LogP contribution in [0.4, 0.5) is 0 Å². The van der Waals surface area contributed by atoms with Crippen LogP contribution in [0.5, 0.6) is 5.75 Å². The van der Waals surface area contributed by atoms with Crippen LogP contribution in [0.3, 0.4) is 0 Å². The lowest BCUT2D eigenvalue weighted by atomic mass is 10.1. The molecule has 3 heterocycles. The molecule has 4 aromatic rings. The molecule has 3 aromatic heterocycles. The lowest BCUT2D eigenvalue weighted by Gasteiger charge is -2.09. The van der Waals surface area contributed by atoms with E-state index in [0.717, 1.165) is 17.0 Å². The zero-order chi connectivity index (χ0) is 18.6. The van der Waals surface area contributed by atoms with Crippen molar-refractivity contribution in [2.24, 2.45) is 0 Å². The van der Waals surface area contributed by atoms with Gasteiger partial charge in [-0.3, -0.25) is 4.79 Å². The molecular weight excluding hydrogens is 362 g/mol. The summed E-state index contributed by atoms with van der Waals surface area (Å²) >= 11 is 1.41. The van der Waals surface area contributed by atoms with Gasteiger partial charge in [-0.2, -0.15) is 5.10 Å². The first-order valence-corrected chi connectivity index (χ1v) is 9.29. The van der Waals surface area contributed by atoms with Crippen molar-refractivity contribution in [2.75, 3.05) is 20.3 Å². The van der Waals surface area contributed by atoms with E-state index < -0.39 is 0 Å². The number of rotatable bonds is 7. The number of aromatic nitrogens is 3. The van der Waals surface area contributed by atoms with Gasteiger partial charge in [-0.25, -0.2) is 9.50 Å². The fourth-order valence-corrected chi connectivity index (χ4v) is 3.48. The summed E-state index contributed by atoms with van der Waals surface area (Å²) in [5.41, 5.74) is 2.79. The van der Waals surface area contributed by atoms with E-state index in [9.17, 15) is 4.79 Å². The van der Waals surface area contributed by atoms with E-state index in [4.69, 9.17) is 9.47 Å². The molecule has 0 bridgehead atoms. The second-order valence-electron chi connectivity index (χ2n) is 5.80. The minimum atomic E-state index is -0.0682. The predicted octanol–water partition coefficient (Wildman–Crippen LogP) is 3.71. The highest BCUT2D eigenvalue weighted by molar-refractivity contribution is 7.12. The molecule has 1 aromatic carbocycles. The maximum absolute atomic E-state index is 12.7. The average Bonchev–Trinajstić information content (AvgIpc) is 3.38. The zero-order valence-corrected chi connectivity index (χ0v) is 15.5. The lowest BCUT2D eigenvalue weighted by molar-refractivity contribution is 0.104. The molecule has 4 rings (SSSR count). The molecule has 0 aliphatic carbocycles. The first-order chi connectivity index (χ1) is 13.3. The maximum Gasteiger partial charge on any atom is 0.208 e. The fraction of sp³-hybridized carbons (Fsp3) is 0.150. The van der Waals surface area contributed by atoms with E-state index in [0.29, 0.717) is 29.3 Å². The Bertz CT molecular complexity index is 1070. The average molecular weight is 379 g/mol. The first-order valence-electron chi connectivity index (χ1n) is 8.41. The predicted molar refractivity (Wildman–Crippen MR) is 104 cm³/mol. The minimum absolute atomic E-state index is 0.0682. The largest absolute Gasteiger partial charge is 0.491 e. The van der Waals surface area contributed by atoms with Crippen LogP contribution in [0.15, 0.2) is 60.2 Å². The van der Waals surface area contributed by atoms with E-state index in [-0.39, 0.29) is 5.78 Å². The van der Waals surface area contributed by atoms with Crippen molar-refractivity contribution in [1.82, 2.24) is 14.6 Å². The van der Waals surface area contributed by atoms with Crippen molar-refractivity contribution >= 4 is 22.8 Å². The zero-order valence-electron chi connectivity index (χ0n) is 14.7. The number of hydrogen-bond acceptors (Lipinski definition) is 6. The fourth-order valence-electron chi connectivity index (χ4n) is 2.80. The van der Waals surface area contributed by atoms with Crippen molar-refractivity contribution in [3.05, 3.63) is 70.7 Å². The quantitative estimate of drug-likeness (QED) is 0.362. The monoisotopic (exact) mass is 379 g/mol. The SMILES string of the molecule is COCCOc1cccc(-c2ccnc3c(C(=O)c4cccs4)cnn23)c1. The molecule has 136 valence electrons. The number of ether oxygens (including phenoxy) is 2. The molecule has 0 radical (unpaired) electrons. The van der Waals surface area contributed by atoms with Crippen LogP contribution < -0.4 is 4.74 Å². The van der Waals surface area contributed by atoms with Crippen LogP contribution in [0, 0.1) is 0 Å². The number of fused-ring (bicyclic) bond motifs is 1. The van der Waals surface area contributed by atoms with Gasteiger partial charge in [-0.1, -0.05) is 18.2 Å².